The first-order chi connectivity index (χ1) is 15.0. The van der Waals surface area contributed by atoms with Crippen LogP contribution < -0.4 is 10.6 Å². The van der Waals surface area contributed by atoms with Crippen LogP contribution in [0.25, 0.3) is 0 Å². The van der Waals surface area contributed by atoms with E-state index >= 15 is 0 Å². The van der Waals surface area contributed by atoms with Gasteiger partial charge in [-0.3, -0.25) is 9.78 Å². The highest BCUT2D eigenvalue weighted by molar-refractivity contribution is 5.73. The lowest BCUT2D eigenvalue weighted by atomic mass is 10.1. The molecule has 0 fully saturated rings. The highest BCUT2D eigenvalue weighted by Gasteiger charge is 2.17. The molecule has 3 N–H and O–H groups in total. The minimum Gasteiger partial charge on any atom is -0.480 e. The number of unbranched alkanes of at least 4 members (excludes halogenated alkanes) is 1. The predicted molar refractivity (Wildman–Crippen MR) is 121 cm³/mol. The first-order valence-electron chi connectivity index (χ1n) is 11.2. The topological polar surface area (TPSA) is 96.4 Å². The Kier molecular flexibility index (Phi) is 8.79. The van der Waals surface area contributed by atoms with Gasteiger partial charge in [0.1, 0.15) is 11.9 Å². The molecule has 1 atom stereocenters. The molecule has 0 saturated heterocycles. The Morgan fingerprint density at radius 2 is 2.03 bits per heavy atom. The van der Waals surface area contributed by atoms with Gasteiger partial charge in [-0.05, 0) is 80.7 Å². The van der Waals surface area contributed by atoms with Crippen molar-refractivity contribution < 1.29 is 14.6 Å². The maximum atomic E-state index is 11.6. The largest absolute Gasteiger partial charge is 0.480 e. The Morgan fingerprint density at radius 1 is 1.23 bits per heavy atom. The molecule has 1 aliphatic rings. The quantitative estimate of drug-likeness (QED) is 0.448. The van der Waals surface area contributed by atoms with E-state index in [1.54, 1.807) is 12.4 Å². The van der Waals surface area contributed by atoms with Crippen LogP contribution in [0.4, 0.5) is 5.82 Å². The van der Waals surface area contributed by atoms with E-state index in [1.807, 2.05) is 13.8 Å². The highest BCUT2D eigenvalue weighted by Crippen LogP contribution is 2.20. The van der Waals surface area contributed by atoms with E-state index in [2.05, 4.69) is 27.8 Å². The summed E-state index contributed by atoms with van der Waals surface area (Å²) >= 11 is 0. The zero-order valence-corrected chi connectivity index (χ0v) is 18.6. The summed E-state index contributed by atoms with van der Waals surface area (Å²) in [5.74, 6) is 0.199. The summed E-state index contributed by atoms with van der Waals surface area (Å²) < 4.78 is 5.70. The molecule has 7 heteroatoms. The lowest BCUT2D eigenvalue weighted by molar-refractivity contribution is -0.140. The van der Waals surface area contributed by atoms with Crippen molar-refractivity contribution in [1.82, 2.24) is 15.3 Å². The zero-order valence-electron chi connectivity index (χ0n) is 18.6. The van der Waals surface area contributed by atoms with Crippen LogP contribution in [0.3, 0.4) is 0 Å². The van der Waals surface area contributed by atoms with Crippen molar-refractivity contribution in [2.45, 2.75) is 65.0 Å². The molecule has 0 saturated carbocycles. The summed E-state index contributed by atoms with van der Waals surface area (Å²) in [7, 11) is 0. The molecule has 168 valence electrons. The Balaban J connectivity index is 1.32. The van der Waals surface area contributed by atoms with Crippen molar-refractivity contribution >= 4 is 11.8 Å². The van der Waals surface area contributed by atoms with E-state index in [9.17, 15) is 9.90 Å². The first-order valence-corrected chi connectivity index (χ1v) is 11.2. The summed E-state index contributed by atoms with van der Waals surface area (Å²) in [5, 5.41) is 16.0. The summed E-state index contributed by atoms with van der Waals surface area (Å²) in [4.78, 5) is 20.5. The van der Waals surface area contributed by atoms with Crippen LogP contribution in [-0.4, -0.2) is 46.8 Å². The van der Waals surface area contributed by atoms with Crippen LogP contribution in [-0.2, 0) is 28.9 Å². The number of ether oxygens (including phenoxy) is 1. The van der Waals surface area contributed by atoms with Crippen molar-refractivity contribution in [3.63, 3.8) is 0 Å². The molecule has 0 unspecified atom stereocenters. The van der Waals surface area contributed by atoms with Gasteiger partial charge in [0, 0.05) is 44.4 Å². The molecule has 0 radical (unpaired) electrons. The molecule has 0 aliphatic carbocycles. The number of rotatable bonds is 12. The van der Waals surface area contributed by atoms with Crippen molar-refractivity contribution in [2.75, 3.05) is 25.1 Å². The predicted octanol–water partition coefficient (Wildman–Crippen LogP) is 3.42. The molecular formula is C24H34N4O3. The Morgan fingerprint density at radius 3 is 2.81 bits per heavy atom. The van der Waals surface area contributed by atoms with Crippen LogP contribution in [0.15, 0.2) is 24.5 Å². The van der Waals surface area contributed by atoms with Crippen molar-refractivity contribution in [1.29, 1.82) is 0 Å². The van der Waals surface area contributed by atoms with Crippen molar-refractivity contribution in [3.05, 3.63) is 52.5 Å². The van der Waals surface area contributed by atoms with E-state index in [-0.39, 0.29) is 0 Å². The van der Waals surface area contributed by atoms with Gasteiger partial charge in [-0.15, -0.1) is 0 Å². The molecule has 3 rings (SSSR count). The highest BCUT2D eigenvalue weighted by atomic mass is 16.5. The number of aryl methyl sites for hydroxylation is 4. The minimum atomic E-state index is -0.847. The van der Waals surface area contributed by atoms with Crippen LogP contribution in [0, 0.1) is 13.8 Å². The minimum absolute atomic E-state index is 0.430. The van der Waals surface area contributed by atoms with Gasteiger partial charge in [0.15, 0.2) is 0 Å². The maximum Gasteiger partial charge on any atom is 0.320 e. The second-order valence-electron chi connectivity index (χ2n) is 8.22. The Labute approximate surface area is 184 Å². The summed E-state index contributed by atoms with van der Waals surface area (Å²) in [6, 6.07) is 3.69. The third-order valence-corrected chi connectivity index (χ3v) is 5.79. The standard InChI is InChI=1S/C24H34N4O3/c1-17-14-25-15-18(2)21(17)16-27-22(24(29)30)10-13-31-12-4-3-7-20-9-8-19-6-5-11-26-23(19)28-20/h8-9,14-15,22,27H,3-7,10-13,16H2,1-2H3,(H,26,28)(H,29,30)/t22-/m1/s1. The van der Waals surface area contributed by atoms with Gasteiger partial charge >= 0.3 is 5.97 Å². The fraction of sp³-hybridized carbons (Fsp3) is 0.542. The average molecular weight is 427 g/mol. The van der Waals surface area contributed by atoms with Gasteiger partial charge in [0.2, 0.25) is 0 Å². The van der Waals surface area contributed by atoms with Crippen LogP contribution in [0.5, 0.6) is 0 Å². The third kappa shape index (κ3) is 7.01. The summed E-state index contributed by atoms with van der Waals surface area (Å²) in [5.41, 5.74) is 5.67. The van der Waals surface area contributed by atoms with Crippen molar-refractivity contribution in [3.8, 4) is 0 Å². The molecule has 0 bridgehead atoms. The number of aliphatic carboxylic acids is 1. The summed E-state index contributed by atoms with van der Waals surface area (Å²) in [6.07, 6.45) is 9.21. The molecule has 2 aromatic rings. The second kappa shape index (κ2) is 11.8. The number of carboxylic acid groups (broad SMARTS) is 1. The number of anilines is 1. The van der Waals surface area contributed by atoms with Gasteiger partial charge in [-0.25, -0.2) is 4.98 Å². The zero-order chi connectivity index (χ0) is 22.1. The summed E-state index contributed by atoms with van der Waals surface area (Å²) in [6.45, 7) is 6.57. The number of nitrogens with one attached hydrogen (secondary N) is 2. The monoisotopic (exact) mass is 426 g/mol. The number of carboxylic acids is 1. The smallest absolute Gasteiger partial charge is 0.320 e. The van der Waals surface area contributed by atoms with Gasteiger partial charge in [0.25, 0.3) is 0 Å². The molecule has 0 amide bonds. The van der Waals surface area contributed by atoms with Crippen LogP contribution in [0.1, 0.15) is 53.6 Å². The SMILES string of the molecule is Cc1cncc(C)c1CN[C@H](CCOCCCCc1ccc2c(n1)NCCC2)C(=O)O. The van der Waals surface area contributed by atoms with Gasteiger partial charge < -0.3 is 20.5 Å². The lowest BCUT2D eigenvalue weighted by Crippen LogP contribution is -2.37. The van der Waals surface area contributed by atoms with Gasteiger partial charge in [0.05, 0.1) is 0 Å². The van der Waals surface area contributed by atoms with Gasteiger partial charge in [-0.1, -0.05) is 6.07 Å². The number of fused-ring (bicyclic) bond motifs is 1. The van der Waals surface area contributed by atoms with E-state index in [0.29, 0.717) is 26.2 Å². The van der Waals surface area contributed by atoms with E-state index in [0.717, 1.165) is 60.4 Å². The number of carbonyl (C=O) groups is 1. The number of hydrogen-bond donors (Lipinski definition) is 3. The number of nitrogens with zero attached hydrogens (tertiary/aromatic N) is 2. The average Bonchev–Trinajstić information content (AvgIpc) is 2.76. The third-order valence-electron chi connectivity index (χ3n) is 5.79. The fourth-order valence-corrected chi connectivity index (χ4v) is 3.87. The molecule has 0 aromatic carbocycles. The Hall–Kier alpha value is -2.51. The maximum absolute atomic E-state index is 11.6. The normalized spacial score (nSPS) is 14.0. The fourth-order valence-electron chi connectivity index (χ4n) is 3.87. The molecule has 0 spiro atoms. The van der Waals surface area contributed by atoms with E-state index in [4.69, 9.17) is 9.72 Å². The Bertz CT molecular complexity index is 852. The molecule has 31 heavy (non-hydrogen) atoms. The molecular weight excluding hydrogens is 392 g/mol. The number of pyridine rings is 2. The molecule has 3 heterocycles. The van der Waals surface area contributed by atoms with Gasteiger partial charge in [-0.2, -0.15) is 0 Å². The molecule has 2 aromatic heterocycles. The number of aromatic nitrogens is 2. The number of hydrogen-bond acceptors (Lipinski definition) is 6. The molecule has 1 aliphatic heterocycles. The van der Waals surface area contributed by atoms with Crippen LogP contribution >= 0.6 is 0 Å². The molecule has 7 nitrogen and oxygen atoms in total. The van der Waals surface area contributed by atoms with E-state index in [1.165, 1.54) is 12.0 Å². The first kappa shape index (κ1) is 23.2. The van der Waals surface area contributed by atoms with Crippen LogP contribution in [0.2, 0.25) is 0 Å². The lowest BCUT2D eigenvalue weighted by Gasteiger charge is -2.17. The second-order valence-corrected chi connectivity index (χ2v) is 8.22. The van der Waals surface area contributed by atoms with Crippen molar-refractivity contribution in [2.24, 2.45) is 0 Å². The van der Waals surface area contributed by atoms with E-state index < -0.39 is 12.0 Å².